The Balaban J connectivity index is 1.71. The van der Waals surface area contributed by atoms with Gasteiger partial charge < -0.3 is 15.4 Å². The van der Waals surface area contributed by atoms with Crippen molar-refractivity contribution in [1.82, 2.24) is 4.90 Å². The van der Waals surface area contributed by atoms with Crippen molar-refractivity contribution < 1.29 is 13.9 Å². The first-order valence-electron chi connectivity index (χ1n) is 7.50. The number of amides is 1. The molecule has 1 fully saturated rings. The standard InChI is InChI=1S/C16H23FN2O2/c1-12-11-13(18)8-9-19(12)16(20)7-4-10-21-15-6-3-2-5-14(15)17/h2-3,5-6,12-13H,4,7-11,18H2,1H3/t12-,13+/m1/s1. The second-order valence-corrected chi connectivity index (χ2v) is 5.60. The molecule has 0 unspecified atom stereocenters. The van der Waals surface area contributed by atoms with Crippen molar-refractivity contribution in [1.29, 1.82) is 0 Å². The molecule has 4 nitrogen and oxygen atoms in total. The normalized spacial score (nSPS) is 22.1. The second-order valence-electron chi connectivity index (χ2n) is 5.60. The van der Waals surface area contributed by atoms with Crippen LogP contribution in [0, 0.1) is 5.82 Å². The number of carbonyl (C=O) groups excluding carboxylic acids is 1. The van der Waals surface area contributed by atoms with Crippen LogP contribution >= 0.6 is 0 Å². The van der Waals surface area contributed by atoms with E-state index in [9.17, 15) is 9.18 Å². The highest BCUT2D eigenvalue weighted by molar-refractivity contribution is 5.76. The van der Waals surface area contributed by atoms with Gasteiger partial charge in [-0.2, -0.15) is 0 Å². The van der Waals surface area contributed by atoms with Gasteiger partial charge in [-0.05, 0) is 38.3 Å². The molecule has 5 heteroatoms. The number of nitrogens with zero attached hydrogens (tertiary/aromatic N) is 1. The van der Waals surface area contributed by atoms with Crippen molar-refractivity contribution in [2.45, 2.75) is 44.7 Å². The molecule has 1 aliphatic heterocycles. The Morgan fingerprint density at radius 1 is 1.48 bits per heavy atom. The number of ether oxygens (including phenoxy) is 1. The van der Waals surface area contributed by atoms with Crippen LogP contribution in [-0.4, -0.2) is 36.0 Å². The van der Waals surface area contributed by atoms with Gasteiger partial charge in [0.2, 0.25) is 5.91 Å². The van der Waals surface area contributed by atoms with Crippen LogP contribution < -0.4 is 10.5 Å². The maximum atomic E-state index is 13.3. The minimum Gasteiger partial charge on any atom is -0.491 e. The Bertz CT molecular complexity index is 481. The zero-order chi connectivity index (χ0) is 15.2. The van der Waals surface area contributed by atoms with Gasteiger partial charge in [0.25, 0.3) is 0 Å². The van der Waals surface area contributed by atoms with Gasteiger partial charge in [0.15, 0.2) is 11.6 Å². The molecule has 1 aromatic rings. The molecular weight excluding hydrogens is 271 g/mol. The molecule has 0 radical (unpaired) electrons. The number of carbonyl (C=O) groups is 1. The average molecular weight is 294 g/mol. The lowest BCUT2D eigenvalue weighted by atomic mass is 9.98. The molecule has 2 N–H and O–H groups in total. The van der Waals surface area contributed by atoms with Crippen LogP contribution in [0.25, 0.3) is 0 Å². The summed E-state index contributed by atoms with van der Waals surface area (Å²) >= 11 is 0. The highest BCUT2D eigenvalue weighted by atomic mass is 19.1. The average Bonchev–Trinajstić information content (AvgIpc) is 2.45. The number of nitrogens with two attached hydrogens (primary N) is 1. The lowest BCUT2D eigenvalue weighted by molar-refractivity contribution is -0.134. The van der Waals surface area contributed by atoms with E-state index in [0.29, 0.717) is 19.4 Å². The Kier molecular flexibility index (Phi) is 5.56. The van der Waals surface area contributed by atoms with Gasteiger partial charge >= 0.3 is 0 Å². The van der Waals surface area contributed by atoms with Crippen molar-refractivity contribution in [2.75, 3.05) is 13.2 Å². The summed E-state index contributed by atoms with van der Waals surface area (Å²) in [7, 11) is 0. The van der Waals surface area contributed by atoms with Gasteiger partial charge in [-0.25, -0.2) is 4.39 Å². The summed E-state index contributed by atoms with van der Waals surface area (Å²) in [5, 5.41) is 0. The van der Waals surface area contributed by atoms with Crippen molar-refractivity contribution in [3.8, 4) is 5.75 Å². The molecule has 2 rings (SSSR count). The number of piperidine rings is 1. The van der Waals surface area contributed by atoms with Crippen molar-refractivity contribution in [3.63, 3.8) is 0 Å². The maximum absolute atomic E-state index is 13.3. The third-order valence-electron chi connectivity index (χ3n) is 3.87. The van der Waals surface area contributed by atoms with Gasteiger partial charge in [-0.3, -0.25) is 4.79 Å². The summed E-state index contributed by atoms with van der Waals surface area (Å²) < 4.78 is 18.7. The molecule has 2 atom stereocenters. The van der Waals surface area contributed by atoms with E-state index in [0.717, 1.165) is 19.4 Å². The molecule has 1 saturated heterocycles. The molecule has 0 aromatic heterocycles. The Labute approximate surface area is 125 Å². The first-order chi connectivity index (χ1) is 10.1. The molecule has 0 spiro atoms. The molecular formula is C16H23FN2O2. The van der Waals surface area contributed by atoms with Crippen molar-refractivity contribution in [3.05, 3.63) is 30.1 Å². The van der Waals surface area contributed by atoms with Crippen molar-refractivity contribution in [2.24, 2.45) is 5.73 Å². The fraction of sp³-hybridized carbons (Fsp3) is 0.562. The summed E-state index contributed by atoms with van der Waals surface area (Å²) in [4.78, 5) is 14.0. The summed E-state index contributed by atoms with van der Waals surface area (Å²) in [5.41, 5.74) is 5.89. The fourth-order valence-electron chi connectivity index (χ4n) is 2.69. The lowest BCUT2D eigenvalue weighted by Crippen LogP contribution is -2.48. The van der Waals surface area contributed by atoms with E-state index in [1.165, 1.54) is 6.07 Å². The number of hydrogen-bond donors (Lipinski definition) is 1. The first kappa shape index (κ1) is 15.8. The van der Waals surface area contributed by atoms with E-state index in [1.54, 1.807) is 18.2 Å². The van der Waals surface area contributed by atoms with Gasteiger partial charge in [0, 0.05) is 25.0 Å². The van der Waals surface area contributed by atoms with Crippen LogP contribution in [0.2, 0.25) is 0 Å². The monoisotopic (exact) mass is 294 g/mol. The second kappa shape index (κ2) is 7.41. The van der Waals surface area contributed by atoms with Gasteiger partial charge in [0.05, 0.1) is 6.61 Å². The van der Waals surface area contributed by atoms with Crippen LogP contribution in [-0.2, 0) is 4.79 Å². The molecule has 0 aliphatic carbocycles. The summed E-state index contributed by atoms with van der Waals surface area (Å²) in [5.74, 6) is -0.00346. The van der Waals surface area contributed by atoms with E-state index in [1.807, 2.05) is 11.8 Å². The molecule has 0 bridgehead atoms. The summed E-state index contributed by atoms with van der Waals surface area (Å²) in [6, 6.07) is 6.70. The van der Waals surface area contributed by atoms with E-state index in [4.69, 9.17) is 10.5 Å². The Morgan fingerprint density at radius 3 is 2.95 bits per heavy atom. The van der Waals surface area contributed by atoms with Gasteiger partial charge in [0.1, 0.15) is 0 Å². The third-order valence-corrected chi connectivity index (χ3v) is 3.87. The minimum atomic E-state index is -0.373. The topological polar surface area (TPSA) is 55.6 Å². The molecule has 0 saturated carbocycles. The van der Waals surface area contributed by atoms with Gasteiger partial charge in [-0.1, -0.05) is 12.1 Å². The number of rotatable bonds is 5. The highest BCUT2D eigenvalue weighted by Crippen LogP contribution is 2.18. The minimum absolute atomic E-state index is 0.131. The summed E-state index contributed by atoms with van der Waals surface area (Å²) in [6.45, 7) is 3.11. The van der Waals surface area contributed by atoms with Crippen molar-refractivity contribution >= 4 is 5.91 Å². The molecule has 21 heavy (non-hydrogen) atoms. The number of para-hydroxylation sites is 1. The Hall–Kier alpha value is -1.62. The number of halogens is 1. The van der Waals surface area contributed by atoms with Crippen LogP contribution in [0.1, 0.15) is 32.6 Å². The zero-order valence-electron chi connectivity index (χ0n) is 12.4. The van der Waals surface area contributed by atoms with Gasteiger partial charge in [-0.15, -0.1) is 0 Å². The fourth-order valence-corrected chi connectivity index (χ4v) is 2.69. The highest BCUT2D eigenvalue weighted by Gasteiger charge is 2.26. The quantitative estimate of drug-likeness (QED) is 0.848. The number of hydrogen-bond acceptors (Lipinski definition) is 3. The maximum Gasteiger partial charge on any atom is 0.222 e. The predicted molar refractivity (Wildman–Crippen MR) is 79.5 cm³/mol. The first-order valence-corrected chi connectivity index (χ1v) is 7.50. The zero-order valence-corrected chi connectivity index (χ0v) is 12.4. The third kappa shape index (κ3) is 4.43. The smallest absolute Gasteiger partial charge is 0.222 e. The molecule has 1 heterocycles. The van der Waals surface area contributed by atoms with Crippen LogP contribution in [0.5, 0.6) is 5.75 Å². The van der Waals surface area contributed by atoms with E-state index >= 15 is 0 Å². The predicted octanol–water partition coefficient (Wildman–Crippen LogP) is 2.32. The molecule has 1 aliphatic rings. The van der Waals surface area contributed by atoms with Crippen LogP contribution in [0.15, 0.2) is 24.3 Å². The van der Waals surface area contributed by atoms with Crippen LogP contribution in [0.3, 0.4) is 0 Å². The molecule has 116 valence electrons. The molecule has 1 aromatic carbocycles. The van der Waals surface area contributed by atoms with E-state index in [-0.39, 0.29) is 29.6 Å². The molecule has 1 amide bonds. The van der Waals surface area contributed by atoms with Crippen LogP contribution in [0.4, 0.5) is 4.39 Å². The number of benzene rings is 1. The van der Waals surface area contributed by atoms with E-state index < -0.39 is 0 Å². The van der Waals surface area contributed by atoms with E-state index in [2.05, 4.69) is 0 Å². The summed E-state index contributed by atoms with van der Waals surface area (Å²) in [6.07, 6.45) is 2.73. The SMILES string of the molecule is C[C@@H]1C[C@@H](N)CCN1C(=O)CCCOc1ccccc1F. The lowest BCUT2D eigenvalue weighted by Gasteiger charge is -2.36. The Morgan fingerprint density at radius 2 is 2.24 bits per heavy atom. The largest absolute Gasteiger partial charge is 0.491 e. The number of likely N-dealkylation sites (tertiary alicyclic amines) is 1.